The first-order valence-electron chi connectivity index (χ1n) is 5.65. The van der Waals surface area contributed by atoms with E-state index in [0.29, 0.717) is 6.42 Å². The SMILES string of the molecule is NNC(CSc1cccc(F)c1)Cc1ccco1. The number of hydrogen-bond acceptors (Lipinski definition) is 4. The molecule has 0 aliphatic rings. The van der Waals surface area contributed by atoms with Crippen molar-refractivity contribution in [1.29, 1.82) is 0 Å². The van der Waals surface area contributed by atoms with Crippen LogP contribution in [0.15, 0.2) is 52.0 Å². The van der Waals surface area contributed by atoms with Gasteiger partial charge in [-0.15, -0.1) is 11.8 Å². The van der Waals surface area contributed by atoms with Crippen molar-refractivity contribution in [3.05, 3.63) is 54.2 Å². The average Bonchev–Trinajstić information content (AvgIpc) is 2.87. The second-order valence-electron chi connectivity index (χ2n) is 3.92. The number of halogens is 1. The van der Waals surface area contributed by atoms with Crippen LogP contribution >= 0.6 is 11.8 Å². The van der Waals surface area contributed by atoms with Gasteiger partial charge in [-0.05, 0) is 30.3 Å². The van der Waals surface area contributed by atoms with Crippen LogP contribution in [0.5, 0.6) is 0 Å². The Balaban J connectivity index is 1.87. The van der Waals surface area contributed by atoms with E-state index in [4.69, 9.17) is 10.3 Å². The van der Waals surface area contributed by atoms with E-state index in [1.807, 2.05) is 18.2 Å². The zero-order chi connectivity index (χ0) is 12.8. The summed E-state index contributed by atoms with van der Waals surface area (Å²) in [5, 5.41) is 0. The van der Waals surface area contributed by atoms with Crippen LogP contribution in [0.1, 0.15) is 5.76 Å². The molecule has 0 fully saturated rings. The molecule has 2 rings (SSSR count). The van der Waals surface area contributed by atoms with Gasteiger partial charge in [0.2, 0.25) is 0 Å². The first-order valence-corrected chi connectivity index (χ1v) is 6.63. The predicted molar refractivity (Wildman–Crippen MR) is 70.6 cm³/mol. The van der Waals surface area contributed by atoms with Gasteiger partial charge in [-0.2, -0.15) is 0 Å². The van der Waals surface area contributed by atoms with Gasteiger partial charge in [-0.1, -0.05) is 6.07 Å². The fourth-order valence-electron chi connectivity index (χ4n) is 1.59. The second-order valence-corrected chi connectivity index (χ2v) is 5.01. The zero-order valence-corrected chi connectivity index (χ0v) is 10.6. The van der Waals surface area contributed by atoms with E-state index in [9.17, 15) is 4.39 Å². The van der Waals surface area contributed by atoms with Crippen LogP contribution in [0.3, 0.4) is 0 Å². The molecule has 96 valence electrons. The number of nitrogens with one attached hydrogen (secondary N) is 1. The summed E-state index contributed by atoms with van der Waals surface area (Å²) in [7, 11) is 0. The Morgan fingerprint density at radius 3 is 2.89 bits per heavy atom. The maximum atomic E-state index is 13.0. The molecule has 2 aromatic rings. The van der Waals surface area contributed by atoms with Gasteiger partial charge in [0.1, 0.15) is 11.6 Å². The Hall–Kier alpha value is -1.30. The number of hydrazine groups is 1. The minimum atomic E-state index is -0.219. The van der Waals surface area contributed by atoms with Crippen LogP contribution in [-0.4, -0.2) is 11.8 Å². The fourth-order valence-corrected chi connectivity index (χ4v) is 2.57. The highest BCUT2D eigenvalue weighted by atomic mass is 32.2. The Kier molecular flexibility index (Phi) is 4.81. The second kappa shape index (κ2) is 6.58. The van der Waals surface area contributed by atoms with Gasteiger partial charge < -0.3 is 4.42 Å². The van der Waals surface area contributed by atoms with E-state index in [-0.39, 0.29) is 11.9 Å². The molecular weight excluding hydrogens is 251 g/mol. The molecule has 1 atom stereocenters. The number of thioether (sulfide) groups is 1. The largest absolute Gasteiger partial charge is 0.469 e. The maximum absolute atomic E-state index is 13.0. The predicted octanol–water partition coefficient (Wildman–Crippen LogP) is 2.59. The van der Waals surface area contributed by atoms with Crippen LogP contribution in [0.25, 0.3) is 0 Å². The molecule has 0 amide bonds. The molecule has 3 N–H and O–H groups in total. The van der Waals surface area contributed by atoms with Gasteiger partial charge >= 0.3 is 0 Å². The van der Waals surface area contributed by atoms with Gasteiger partial charge in [0, 0.05) is 23.1 Å². The number of furan rings is 1. The minimum absolute atomic E-state index is 0.0874. The van der Waals surface area contributed by atoms with Crippen LogP contribution in [0, 0.1) is 5.82 Å². The molecule has 0 spiro atoms. The molecule has 18 heavy (non-hydrogen) atoms. The number of nitrogens with two attached hydrogens (primary N) is 1. The van der Waals surface area contributed by atoms with E-state index in [2.05, 4.69) is 5.43 Å². The zero-order valence-electron chi connectivity index (χ0n) is 9.80. The molecule has 0 radical (unpaired) electrons. The Bertz CT molecular complexity index is 476. The highest BCUT2D eigenvalue weighted by molar-refractivity contribution is 7.99. The van der Waals surface area contributed by atoms with E-state index in [1.165, 1.54) is 12.1 Å². The Labute approximate surface area is 110 Å². The summed E-state index contributed by atoms with van der Waals surface area (Å²) in [5.74, 6) is 6.92. The lowest BCUT2D eigenvalue weighted by Gasteiger charge is -2.13. The molecule has 0 bridgehead atoms. The molecule has 0 aliphatic heterocycles. The lowest BCUT2D eigenvalue weighted by atomic mass is 10.2. The van der Waals surface area contributed by atoms with Crippen molar-refractivity contribution >= 4 is 11.8 Å². The van der Waals surface area contributed by atoms with Crippen molar-refractivity contribution in [2.24, 2.45) is 5.84 Å². The fraction of sp³-hybridized carbons (Fsp3) is 0.231. The molecule has 0 saturated heterocycles. The van der Waals surface area contributed by atoms with E-state index in [1.54, 1.807) is 24.1 Å². The highest BCUT2D eigenvalue weighted by Crippen LogP contribution is 2.20. The quantitative estimate of drug-likeness (QED) is 0.479. The standard InChI is InChI=1S/C13H15FN2OS/c14-10-3-1-5-13(7-10)18-9-11(16-15)8-12-4-2-6-17-12/h1-7,11,16H,8-9,15H2. The molecule has 5 heteroatoms. The molecule has 0 aliphatic carbocycles. The smallest absolute Gasteiger partial charge is 0.124 e. The lowest BCUT2D eigenvalue weighted by Crippen LogP contribution is -2.38. The summed E-state index contributed by atoms with van der Waals surface area (Å²) >= 11 is 1.56. The molecule has 1 heterocycles. The van der Waals surface area contributed by atoms with Crippen LogP contribution in [0.4, 0.5) is 4.39 Å². The summed E-state index contributed by atoms with van der Waals surface area (Å²) in [6.45, 7) is 0. The van der Waals surface area contributed by atoms with E-state index in [0.717, 1.165) is 16.4 Å². The van der Waals surface area contributed by atoms with Gasteiger partial charge in [0.15, 0.2) is 0 Å². The summed E-state index contributed by atoms with van der Waals surface area (Å²) < 4.78 is 18.3. The van der Waals surface area contributed by atoms with Gasteiger partial charge in [-0.25, -0.2) is 4.39 Å². The lowest BCUT2D eigenvalue weighted by molar-refractivity contribution is 0.465. The third-order valence-electron chi connectivity index (χ3n) is 2.51. The molecule has 0 saturated carbocycles. The number of hydrogen-bond donors (Lipinski definition) is 2. The number of benzene rings is 1. The average molecular weight is 266 g/mol. The maximum Gasteiger partial charge on any atom is 0.124 e. The van der Waals surface area contributed by atoms with Crippen LogP contribution < -0.4 is 11.3 Å². The summed E-state index contributed by atoms with van der Waals surface area (Å²) in [6.07, 6.45) is 2.36. The van der Waals surface area contributed by atoms with Crippen LogP contribution in [-0.2, 0) is 6.42 Å². The third kappa shape index (κ3) is 3.87. The van der Waals surface area contributed by atoms with Crippen molar-refractivity contribution in [3.63, 3.8) is 0 Å². The van der Waals surface area contributed by atoms with Gasteiger partial charge in [0.05, 0.1) is 6.26 Å². The minimum Gasteiger partial charge on any atom is -0.469 e. The molecule has 3 nitrogen and oxygen atoms in total. The summed E-state index contributed by atoms with van der Waals surface area (Å²) in [6, 6.07) is 10.4. The first kappa shape index (κ1) is 13.1. The van der Waals surface area contributed by atoms with Crippen molar-refractivity contribution < 1.29 is 8.81 Å². The van der Waals surface area contributed by atoms with E-state index < -0.39 is 0 Å². The number of rotatable bonds is 6. The Morgan fingerprint density at radius 1 is 1.33 bits per heavy atom. The normalized spacial score (nSPS) is 12.6. The highest BCUT2D eigenvalue weighted by Gasteiger charge is 2.10. The first-order chi connectivity index (χ1) is 8.78. The third-order valence-corrected chi connectivity index (χ3v) is 3.67. The summed E-state index contributed by atoms with van der Waals surface area (Å²) in [5.41, 5.74) is 2.75. The molecule has 1 unspecified atom stereocenters. The van der Waals surface area contributed by atoms with Crippen LogP contribution in [0.2, 0.25) is 0 Å². The molecular formula is C13H15FN2OS. The van der Waals surface area contributed by atoms with Crippen molar-refractivity contribution in [2.45, 2.75) is 17.4 Å². The monoisotopic (exact) mass is 266 g/mol. The van der Waals surface area contributed by atoms with Gasteiger partial charge in [0.25, 0.3) is 0 Å². The van der Waals surface area contributed by atoms with Crippen molar-refractivity contribution in [2.75, 3.05) is 5.75 Å². The van der Waals surface area contributed by atoms with E-state index >= 15 is 0 Å². The topological polar surface area (TPSA) is 51.2 Å². The molecule has 1 aromatic carbocycles. The van der Waals surface area contributed by atoms with Crippen molar-refractivity contribution in [3.8, 4) is 0 Å². The molecule has 1 aromatic heterocycles. The summed E-state index contributed by atoms with van der Waals surface area (Å²) in [4.78, 5) is 0.898. The Morgan fingerprint density at radius 2 is 2.22 bits per heavy atom. The van der Waals surface area contributed by atoms with Gasteiger partial charge in [-0.3, -0.25) is 11.3 Å². The van der Waals surface area contributed by atoms with Crippen molar-refractivity contribution in [1.82, 2.24) is 5.43 Å².